The first kappa shape index (κ1) is 62.3. The second-order valence-corrected chi connectivity index (χ2v) is 19.6. The Hall–Kier alpha value is -1.66. The predicted molar refractivity (Wildman–Crippen MR) is 278 cm³/mol. The number of amides is 1. The first-order valence-corrected chi connectivity index (χ1v) is 28.6. The molecule has 0 saturated carbocycles. The summed E-state index contributed by atoms with van der Waals surface area (Å²) in [5.41, 5.74) is 0. The SMILES string of the molecule is CCCCCCCCCCCCCCCCCCC/C=C/C(O)C(CO)NC(=O)CCCCCCC/C=C\CCCCOC(=O)CCCCCCCCCCCCCCCCCCC. The minimum Gasteiger partial charge on any atom is -0.466 e. The predicted octanol–water partition coefficient (Wildman–Crippen LogP) is 17.5. The molecule has 0 fully saturated rings. The molecule has 0 spiro atoms. The average molecular weight is 903 g/mol. The zero-order valence-electron chi connectivity index (χ0n) is 43.0. The van der Waals surface area contributed by atoms with E-state index in [0.29, 0.717) is 19.4 Å². The van der Waals surface area contributed by atoms with Crippen LogP contribution in [0, 0.1) is 0 Å². The highest BCUT2D eigenvalue weighted by atomic mass is 16.5. The van der Waals surface area contributed by atoms with Crippen LogP contribution in [0.15, 0.2) is 24.3 Å². The van der Waals surface area contributed by atoms with Gasteiger partial charge in [-0.3, -0.25) is 9.59 Å². The number of rotatable bonds is 53. The van der Waals surface area contributed by atoms with Gasteiger partial charge in [0.1, 0.15) is 0 Å². The quantitative estimate of drug-likeness (QED) is 0.0321. The minimum atomic E-state index is -0.862. The van der Waals surface area contributed by atoms with E-state index in [1.165, 1.54) is 199 Å². The van der Waals surface area contributed by atoms with E-state index < -0.39 is 12.1 Å². The van der Waals surface area contributed by atoms with Crippen molar-refractivity contribution in [1.82, 2.24) is 5.32 Å². The van der Waals surface area contributed by atoms with Crippen molar-refractivity contribution in [2.45, 2.75) is 321 Å². The van der Waals surface area contributed by atoms with E-state index in [1.807, 2.05) is 6.08 Å². The fourth-order valence-corrected chi connectivity index (χ4v) is 8.81. The van der Waals surface area contributed by atoms with E-state index in [2.05, 4.69) is 31.3 Å². The van der Waals surface area contributed by atoms with E-state index in [9.17, 15) is 19.8 Å². The highest BCUT2D eigenvalue weighted by Crippen LogP contribution is 2.17. The molecule has 0 saturated heterocycles. The molecule has 0 heterocycles. The summed E-state index contributed by atoms with van der Waals surface area (Å²) in [6, 6.07) is -0.649. The Morgan fingerprint density at radius 2 is 0.734 bits per heavy atom. The van der Waals surface area contributed by atoms with Gasteiger partial charge in [0.05, 0.1) is 25.4 Å². The monoisotopic (exact) mass is 902 g/mol. The molecule has 0 aromatic carbocycles. The smallest absolute Gasteiger partial charge is 0.305 e. The topological polar surface area (TPSA) is 95.9 Å². The lowest BCUT2D eigenvalue weighted by Gasteiger charge is -2.20. The Morgan fingerprint density at radius 1 is 0.422 bits per heavy atom. The zero-order chi connectivity index (χ0) is 46.5. The number of carbonyl (C=O) groups is 2. The summed E-state index contributed by atoms with van der Waals surface area (Å²) in [6.07, 6.45) is 64.8. The van der Waals surface area contributed by atoms with Crippen molar-refractivity contribution >= 4 is 11.9 Å². The largest absolute Gasteiger partial charge is 0.466 e. The number of ether oxygens (including phenoxy) is 1. The third-order valence-corrected chi connectivity index (χ3v) is 13.2. The molecule has 1 amide bonds. The number of carbonyl (C=O) groups excluding carboxylic acids is 2. The lowest BCUT2D eigenvalue weighted by molar-refractivity contribution is -0.143. The Kier molecular flexibility index (Phi) is 52.6. The molecule has 0 aliphatic rings. The van der Waals surface area contributed by atoms with Gasteiger partial charge in [-0.2, -0.15) is 0 Å². The van der Waals surface area contributed by atoms with Crippen molar-refractivity contribution in [3.8, 4) is 0 Å². The van der Waals surface area contributed by atoms with Crippen LogP contribution < -0.4 is 5.32 Å². The molecule has 0 aromatic rings. The molecule has 64 heavy (non-hydrogen) atoms. The molecular formula is C58H111NO5. The summed E-state index contributed by atoms with van der Waals surface area (Å²) in [7, 11) is 0. The Morgan fingerprint density at radius 3 is 1.11 bits per heavy atom. The van der Waals surface area contributed by atoms with Crippen LogP contribution in [0.5, 0.6) is 0 Å². The molecular weight excluding hydrogens is 791 g/mol. The molecule has 6 heteroatoms. The van der Waals surface area contributed by atoms with Crippen LogP contribution in [0.2, 0.25) is 0 Å². The van der Waals surface area contributed by atoms with Crippen LogP contribution in [-0.4, -0.2) is 47.4 Å². The van der Waals surface area contributed by atoms with E-state index in [-0.39, 0.29) is 18.5 Å². The number of aliphatic hydroxyl groups excluding tert-OH is 2. The molecule has 0 rings (SSSR count). The highest BCUT2D eigenvalue weighted by Gasteiger charge is 2.18. The Labute approximate surface area is 399 Å². The molecule has 378 valence electrons. The fraction of sp³-hybridized carbons (Fsp3) is 0.897. The van der Waals surface area contributed by atoms with Crippen LogP contribution in [0.25, 0.3) is 0 Å². The van der Waals surface area contributed by atoms with E-state index in [0.717, 1.165) is 83.5 Å². The van der Waals surface area contributed by atoms with Gasteiger partial charge in [-0.05, 0) is 57.8 Å². The second kappa shape index (κ2) is 54.0. The van der Waals surface area contributed by atoms with E-state index in [4.69, 9.17) is 4.74 Å². The van der Waals surface area contributed by atoms with Gasteiger partial charge in [-0.15, -0.1) is 0 Å². The summed E-state index contributed by atoms with van der Waals surface area (Å²) in [6.45, 7) is 4.85. The zero-order valence-corrected chi connectivity index (χ0v) is 43.0. The number of unbranched alkanes of at least 4 members (excludes halogenated alkanes) is 40. The first-order valence-electron chi connectivity index (χ1n) is 28.6. The minimum absolute atomic E-state index is 0.0287. The summed E-state index contributed by atoms with van der Waals surface area (Å²) in [5.74, 6) is -0.123. The number of hydrogen-bond acceptors (Lipinski definition) is 5. The van der Waals surface area contributed by atoms with Crippen LogP contribution in [-0.2, 0) is 14.3 Å². The number of aliphatic hydroxyl groups is 2. The van der Waals surface area contributed by atoms with Crippen molar-refractivity contribution in [2.75, 3.05) is 13.2 Å². The van der Waals surface area contributed by atoms with Gasteiger partial charge >= 0.3 is 5.97 Å². The maximum atomic E-state index is 12.5. The molecule has 2 atom stereocenters. The second-order valence-electron chi connectivity index (χ2n) is 19.6. The number of hydrogen-bond donors (Lipinski definition) is 3. The Bertz CT molecular complexity index is 997. The van der Waals surface area contributed by atoms with Crippen molar-refractivity contribution in [3.05, 3.63) is 24.3 Å². The Balaban J connectivity index is 3.52. The summed E-state index contributed by atoms with van der Waals surface area (Å²) in [4.78, 5) is 24.5. The van der Waals surface area contributed by atoms with Gasteiger partial charge in [-0.1, -0.05) is 263 Å². The summed E-state index contributed by atoms with van der Waals surface area (Å²) in [5, 5.41) is 23.1. The number of allylic oxidation sites excluding steroid dienone is 3. The molecule has 0 radical (unpaired) electrons. The van der Waals surface area contributed by atoms with Crippen LogP contribution in [0.1, 0.15) is 309 Å². The maximum Gasteiger partial charge on any atom is 0.305 e. The first-order chi connectivity index (χ1) is 31.5. The molecule has 0 aliphatic heterocycles. The van der Waals surface area contributed by atoms with E-state index >= 15 is 0 Å². The summed E-state index contributed by atoms with van der Waals surface area (Å²) < 4.78 is 5.45. The normalized spacial score (nSPS) is 12.8. The van der Waals surface area contributed by atoms with Crippen molar-refractivity contribution in [2.24, 2.45) is 0 Å². The number of esters is 1. The van der Waals surface area contributed by atoms with E-state index in [1.54, 1.807) is 6.08 Å². The summed E-state index contributed by atoms with van der Waals surface area (Å²) >= 11 is 0. The third-order valence-electron chi connectivity index (χ3n) is 13.2. The standard InChI is InChI=1S/C58H111NO5/c1-3-5-7-9-11-13-15-17-19-21-22-24-25-27-30-34-38-42-46-50-56(61)55(54-60)59-57(62)51-47-43-39-35-31-29-33-37-41-45-49-53-64-58(63)52-48-44-40-36-32-28-26-23-20-18-16-14-12-10-8-6-4-2/h33,37,46,50,55-56,60-61H,3-32,34-36,38-45,47-49,51-54H2,1-2H3,(H,59,62)/b37-33-,50-46+. The highest BCUT2D eigenvalue weighted by molar-refractivity contribution is 5.76. The van der Waals surface area contributed by atoms with Gasteiger partial charge < -0.3 is 20.3 Å². The van der Waals surface area contributed by atoms with Crippen LogP contribution in [0.3, 0.4) is 0 Å². The van der Waals surface area contributed by atoms with Crippen LogP contribution in [0.4, 0.5) is 0 Å². The maximum absolute atomic E-state index is 12.5. The van der Waals surface area contributed by atoms with Gasteiger partial charge in [0.15, 0.2) is 0 Å². The molecule has 0 aliphatic carbocycles. The molecule has 3 N–H and O–H groups in total. The fourth-order valence-electron chi connectivity index (χ4n) is 8.81. The number of nitrogens with one attached hydrogen (secondary N) is 1. The van der Waals surface area contributed by atoms with Crippen molar-refractivity contribution < 1.29 is 24.5 Å². The average Bonchev–Trinajstić information content (AvgIpc) is 3.29. The van der Waals surface area contributed by atoms with Gasteiger partial charge in [-0.25, -0.2) is 0 Å². The van der Waals surface area contributed by atoms with Crippen LogP contribution >= 0.6 is 0 Å². The van der Waals surface area contributed by atoms with Gasteiger partial charge in [0, 0.05) is 12.8 Å². The lowest BCUT2D eigenvalue weighted by Crippen LogP contribution is -2.45. The molecule has 0 aromatic heterocycles. The van der Waals surface area contributed by atoms with Crippen molar-refractivity contribution in [3.63, 3.8) is 0 Å². The molecule has 0 bridgehead atoms. The third kappa shape index (κ3) is 49.8. The molecule has 2 unspecified atom stereocenters. The van der Waals surface area contributed by atoms with Crippen molar-refractivity contribution in [1.29, 1.82) is 0 Å². The molecule has 6 nitrogen and oxygen atoms in total. The van der Waals surface area contributed by atoms with Gasteiger partial charge in [0.25, 0.3) is 0 Å². The van der Waals surface area contributed by atoms with Gasteiger partial charge in [0.2, 0.25) is 5.91 Å². The lowest BCUT2D eigenvalue weighted by atomic mass is 10.0.